The van der Waals surface area contributed by atoms with Gasteiger partial charge in [0.2, 0.25) is 5.91 Å². The van der Waals surface area contributed by atoms with Crippen LogP contribution < -0.4 is 5.32 Å². The maximum Gasteiger partial charge on any atom is 0.227 e. The highest BCUT2D eigenvalue weighted by Crippen LogP contribution is 2.40. The number of pyridine rings is 1. The highest BCUT2D eigenvalue weighted by Gasteiger charge is 2.30. The van der Waals surface area contributed by atoms with Gasteiger partial charge in [-0.05, 0) is 73.4 Å². The van der Waals surface area contributed by atoms with E-state index in [9.17, 15) is 9.18 Å². The molecular formula is C24H24ClFN2O. The third-order valence-electron chi connectivity index (χ3n) is 6.20. The van der Waals surface area contributed by atoms with Crippen LogP contribution in [0.2, 0.25) is 5.02 Å². The Kier molecular flexibility index (Phi) is 5.81. The summed E-state index contributed by atoms with van der Waals surface area (Å²) in [6.07, 6.45) is 5.95. The van der Waals surface area contributed by atoms with Crippen molar-refractivity contribution in [3.63, 3.8) is 0 Å². The lowest BCUT2D eigenvalue weighted by Gasteiger charge is -2.32. The maximum atomic E-state index is 14.0. The predicted molar refractivity (Wildman–Crippen MR) is 116 cm³/mol. The first-order valence-electron chi connectivity index (χ1n) is 10.1. The molecule has 0 unspecified atom stereocenters. The molecule has 0 radical (unpaired) electrons. The topological polar surface area (TPSA) is 42.0 Å². The number of amides is 1. The second kappa shape index (κ2) is 8.50. The fourth-order valence-electron chi connectivity index (χ4n) is 4.46. The molecule has 0 spiro atoms. The number of carbonyl (C=O) groups is 1. The molecule has 3 aromatic rings. The van der Waals surface area contributed by atoms with Crippen molar-refractivity contribution >= 4 is 34.1 Å². The van der Waals surface area contributed by atoms with Crippen molar-refractivity contribution < 1.29 is 9.18 Å². The average Bonchev–Trinajstić information content (AvgIpc) is 2.75. The summed E-state index contributed by atoms with van der Waals surface area (Å²) in [7, 11) is 0. The quantitative estimate of drug-likeness (QED) is 0.528. The Morgan fingerprint density at radius 2 is 1.90 bits per heavy atom. The maximum absolute atomic E-state index is 14.0. The summed E-state index contributed by atoms with van der Waals surface area (Å²) in [6, 6.07) is 14.7. The molecule has 5 heteroatoms. The van der Waals surface area contributed by atoms with Gasteiger partial charge in [-0.25, -0.2) is 4.39 Å². The van der Waals surface area contributed by atoms with Crippen LogP contribution in [0.3, 0.4) is 0 Å². The third-order valence-corrected chi connectivity index (χ3v) is 6.44. The summed E-state index contributed by atoms with van der Waals surface area (Å²) in [6.45, 7) is 1.94. The van der Waals surface area contributed by atoms with Crippen LogP contribution in [0, 0.1) is 17.7 Å². The number of aromatic nitrogens is 1. The lowest BCUT2D eigenvalue weighted by atomic mass is 9.73. The highest BCUT2D eigenvalue weighted by atomic mass is 35.5. The minimum absolute atomic E-state index is 0.135. The molecule has 150 valence electrons. The molecular weight excluding hydrogens is 387 g/mol. The molecule has 29 heavy (non-hydrogen) atoms. The van der Waals surface area contributed by atoms with E-state index in [0.717, 1.165) is 31.2 Å². The van der Waals surface area contributed by atoms with Gasteiger partial charge in [-0.2, -0.15) is 0 Å². The zero-order valence-corrected chi connectivity index (χ0v) is 17.1. The molecule has 1 aliphatic carbocycles. The smallest absolute Gasteiger partial charge is 0.227 e. The largest absolute Gasteiger partial charge is 0.323 e. The van der Waals surface area contributed by atoms with E-state index in [1.165, 1.54) is 23.1 Å². The monoisotopic (exact) mass is 410 g/mol. The van der Waals surface area contributed by atoms with Gasteiger partial charge in [0.15, 0.2) is 0 Å². The molecule has 1 fully saturated rings. The summed E-state index contributed by atoms with van der Waals surface area (Å²) in [5.41, 5.74) is 2.57. The second-order valence-corrected chi connectivity index (χ2v) is 8.37. The summed E-state index contributed by atoms with van der Waals surface area (Å²) in [5.74, 6) is -0.0200. The van der Waals surface area contributed by atoms with Gasteiger partial charge in [0, 0.05) is 22.5 Å². The van der Waals surface area contributed by atoms with Crippen LogP contribution >= 0.6 is 11.6 Å². The molecule has 1 N–H and O–H groups in total. The second-order valence-electron chi connectivity index (χ2n) is 7.93. The van der Waals surface area contributed by atoms with Crippen molar-refractivity contribution in [1.29, 1.82) is 0 Å². The molecule has 1 aromatic heterocycles. The number of anilines is 1. The molecule has 0 bridgehead atoms. The zero-order chi connectivity index (χ0) is 20.4. The van der Waals surface area contributed by atoms with E-state index >= 15 is 0 Å². The Balaban J connectivity index is 1.40. The Hall–Kier alpha value is -2.46. The number of nitrogens with zero attached hydrogens (tertiary/aromatic N) is 1. The summed E-state index contributed by atoms with van der Waals surface area (Å²) in [4.78, 5) is 17.1. The van der Waals surface area contributed by atoms with Crippen molar-refractivity contribution in [3.8, 4) is 0 Å². The summed E-state index contributed by atoms with van der Waals surface area (Å²) >= 11 is 5.78. The van der Waals surface area contributed by atoms with Gasteiger partial charge < -0.3 is 5.32 Å². The Bertz CT molecular complexity index is 1030. The van der Waals surface area contributed by atoms with Crippen molar-refractivity contribution in [1.82, 2.24) is 4.98 Å². The van der Waals surface area contributed by atoms with E-state index in [1.54, 1.807) is 6.07 Å². The standard InChI is InChI=1S/C24H24ClFN2O/c1-15(24(29)28-23-11-10-18(25)14-21(23)26)16-6-8-17(9-7-16)19-12-13-27-22-5-3-2-4-20(19)22/h2-5,10-17H,6-9H2,1H3,(H,28,29)/t15-,16-,17+/m1/s1. The summed E-state index contributed by atoms with van der Waals surface area (Å²) in [5, 5.41) is 4.26. The number of para-hydroxylation sites is 1. The Labute approximate surface area is 175 Å². The van der Waals surface area contributed by atoms with Crippen molar-refractivity contribution in [2.24, 2.45) is 11.8 Å². The fourth-order valence-corrected chi connectivity index (χ4v) is 4.61. The van der Waals surface area contributed by atoms with E-state index in [1.807, 2.05) is 25.3 Å². The van der Waals surface area contributed by atoms with Gasteiger partial charge in [-0.1, -0.05) is 36.7 Å². The number of rotatable bonds is 4. The average molecular weight is 411 g/mol. The molecule has 0 aliphatic heterocycles. The van der Waals surface area contributed by atoms with Gasteiger partial charge in [-0.3, -0.25) is 9.78 Å². The van der Waals surface area contributed by atoms with Gasteiger partial charge in [0.25, 0.3) is 0 Å². The number of hydrogen-bond acceptors (Lipinski definition) is 2. The van der Waals surface area contributed by atoms with Gasteiger partial charge >= 0.3 is 0 Å². The van der Waals surface area contributed by atoms with Crippen LogP contribution in [0.5, 0.6) is 0 Å². The first-order valence-corrected chi connectivity index (χ1v) is 10.5. The highest BCUT2D eigenvalue weighted by molar-refractivity contribution is 6.30. The number of hydrogen-bond donors (Lipinski definition) is 1. The van der Waals surface area contributed by atoms with Crippen LogP contribution in [0.15, 0.2) is 54.7 Å². The van der Waals surface area contributed by atoms with Crippen molar-refractivity contribution in [3.05, 3.63) is 71.1 Å². The van der Waals surface area contributed by atoms with Crippen LogP contribution in [0.1, 0.15) is 44.1 Å². The van der Waals surface area contributed by atoms with Crippen molar-refractivity contribution in [2.45, 2.75) is 38.5 Å². The number of halogens is 2. The molecule has 1 aliphatic rings. The lowest BCUT2D eigenvalue weighted by molar-refractivity contribution is -0.121. The molecule has 1 atom stereocenters. The predicted octanol–water partition coefficient (Wildman–Crippen LogP) is 6.58. The Morgan fingerprint density at radius 3 is 2.66 bits per heavy atom. The number of benzene rings is 2. The van der Waals surface area contributed by atoms with Crippen LogP contribution in [0.25, 0.3) is 10.9 Å². The summed E-state index contributed by atoms with van der Waals surface area (Å²) < 4.78 is 14.0. The van der Waals surface area contributed by atoms with E-state index in [-0.39, 0.29) is 17.5 Å². The minimum atomic E-state index is -0.508. The molecule has 1 heterocycles. The van der Waals surface area contributed by atoms with Crippen molar-refractivity contribution in [2.75, 3.05) is 5.32 Å². The number of nitrogens with one attached hydrogen (secondary N) is 1. The van der Waals surface area contributed by atoms with E-state index in [4.69, 9.17) is 11.6 Å². The number of carbonyl (C=O) groups excluding carboxylic acids is 1. The Morgan fingerprint density at radius 1 is 1.14 bits per heavy atom. The van der Waals surface area contributed by atoms with Crippen LogP contribution in [-0.4, -0.2) is 10.9 Å². The minimum Gasteiger partial charge on any atom is -0.323 e. The van der Waals surface area contributed by atoms with Gasteiger partial charge in [-0.15, -0.1) is 0 Å². The first-order chi connectivity index (χ1) is 14.0. The van der Waals surface area contributed by atoms with Gasteiger partial charge in [0.1, 0.15) is 5.82 Å². The normalized spacial score (nSPS) is 20.4. The molecule has 3 nitrogen and oxygen atoms in total. The molecule has 0 saturated heterocycles. The number of fused-ring (bicyclic) bond motifs is 1. The SMILES string of the molecule is C[C@@H](C(=O)Nc1ccc(Cl)cc1F)[C@H]1CC[C@@H](c2ccnc3ccccc32)CC1. The first kappa shape index (κ1) is 19.8. The van der Waals surface area contributed by atoms with Crippen LogP contribution in [0.4, 0.5) is 10.1 Å². The molecule has 1 saturated carbocycles. The fraction of sp³-hybridized carbons (Fsp3) is 0.333. The molecule has 2 aromatic carbocycles. The third kappa shape index (κ3) is 4.27. The lowest BCUT2D eigenvalue weighted by Crippen LogP contribution is -2.30. The van der Waals surface area contributed by atoms with E-state index in [2.05, 4.69) is 28.5 Å². The van der Waals surface area contributed by atoms with E-state index in [0.29, 0.717) is 16.9 Å². The molecule has 4 rings (SSSR count). The molecule has 1 amide bonds. The van der Waals surface area contributed by atoms with Gasteiger partial charge in [0.05, 0.1) is 11.2 Å². The zero-order valence-electron chi connectivity index (χ0n) is 16.4. The van der Waals surface area contributed by atoms with Crippen LogP contribution in [-0.2, 0) is 4.79 Å². The van der Waals surface area contributed by atoms with E-state index < -0.39 is 5.82 Å².